The number of hydrogen-bond donors (Lipinski definition) is 2. The van der Waals surface area contributed by atoms with Crippen LogP contribution in [0.25, 0.3) is 0 Å². The number of ketones is 1. The van der Waals surface area contributed by atoms with Crippen LogP contribution in [0.1, 0.15) is 86.7 Å². The number of aliphatic hydroxyl groups is 1. The number of carbonyl (C=O) groups is 1. The molecule has 2 heterocycles. The highest BCUT2D eigenvalue weighted by atomic mass is 16.5. The van der Waals surface area contributed by atoms with Crippen molar-refractivity contribution in [3.63, 3.8) is 0 Å². The van der Waals surface area contributed by atoms with Crippen molar-refractivity contribution in [1.82, 2.24) is 0 Å². The number of benzene rings is 2. The van der Waals surface area contributed by atoms with E-state index >= 15 is 0 Å². The largest absolute Gasteiger partial charge is 0.508 e. The zero-order valence-electron chi connectivity index (χ0n) is 21.6. The molecule has 0 aromatic heterocycles. The number of aromatic hydroxyl groups is 1. The highest BCUT2D eigenvalue weighted by Gasteiger charge is 2.37. The van der Waals surface area contributed by atoms with Gasteiger partial charge in [-0.2, -0.15) is 0 Å². The molecule has 0 aliphatic carbocycles. The number of allylic oxidation sites excluding steroid dienone is 4. The first kappa shape index (κ1) is 25.1. The van der Waals surface area contributed by atoms with Crippen LogP contribution in [0, 0.1) is 0 Å². The summed E-state index contributed by atoms with van der Waals surface area (Å²) in [6.45, 7) is 11.7. The number of carbonyl (C=O) groups excluding carboxylic acids is 1. The molecule has 4 rings (SSSR count). The summed E-state index contributed by atoms with van der Waals surface area (Å²) in [5, 5.41) is 21.1. The van der Waals surface area contributed by atoms with Gasteiger partial charge in [-0.1, -0.05) is 23.3 Å². The van der Waals surface area contributed by atoms with Crippen LogP contribution in [-0.4, -0.2) is 27.7 Å². The maximum absolute atomic E-state index is 13.1. The molecule has 0 saturated heterocycles. The number of phenols is 1. The van der Waals surface area contributed by atoms with Crippen molar-refractivity contribution in [2.45, 2.75) is 85.0 Å². The average molecular weight is 477 g/mol. The second kappa shape index (κ2) is 9.54. The minimum atomic E-state index is -0.972. The summed E-state index contributed by atoms with van der Waals surface area (Å²) in [5.41, 5.74) is 5.48. The minimum Gasteiger partial charge on any atom is -0.508 e. The zero-order valence-corrected chi connectivity index (χ0v) is 21.6. The van der Waals surface area contributed by atoms with Crippen molar-refractivity contribution in [2.75, 3.05) is 0 Å². The van der Waals surface area contributed by atoms with Gasteiger partial charge in [0.05, 0.1) is 17.6 Å². The standard InChI is InChI=1S/C30H36O5/c1-17(2)7-9-19-13-20(14-21-15-27(30(5,6)33)35-28(19)21)26-16-25(32)23-11-12-24(31)22(29(23)34-26)10-8-18(3)4/h7-8,11-14,26-27,31,33H,9-10,15-16H2,1-6H3/t26-,27+/m1/s1. The van der Waals surface area contributed by atoms with E-state index in [4.69, 9.17) is 9.47 Å². The first-order chi connectivity index (χ1) is 16.4. The average Bonchev–Trinajstić information content (AvgIpc) is 3.21. The molecular weight excluding hydrogens is 440 g/mol. The lowest BCUT2D eigenvalue weighted by molar-refractivity contribution is -0.0231. The van der Waals surface area contributed by atoms with E-state index in [0.29, 0.717) is 36.1 Å². The van der Waals surface area contributed by atoms with Gasteiger partial charge in [0.25, 0.3) is 0 Å². The molecule has 0 amide bonds. The molecule has 35 heavy (non-hydrogen) atoms. The van der Waals surface area contributed by atoms with Gasteiger partial charge < -0.3 is 19.7 Å². The summed E-state index contributed by atoms with van der Waals surface area (Å²) >= 11 is 0. The van der Waals surface area contributed by atoms with Crippen molar-refractivity contribution >= 4 is 5.78 Å². The lowest BCUT2D eigenvalue weighted by Gasteiger charge is -2.28. The molecule has 0 bridgehead atoms. The van der Waals surface area contributed by atoms with Crippen LogP contribution in [0.15, 0.2) is 47.6 Å². The topological polar surface area (TPSA) is 76.0 Å². The Bertz CT molecular complexity index is 1200. The van der Waals surface area contributed by atoms with E-state index < -0.39 is 11.7 Å². The highest BCUT2D eigenvalue weighted by molar-refractivity contribution is 6.00. The van der Waals surface area contributed by atoms with Gasteiger partial charge >= 0.3 is 0 Å². The number of ether oxygens (including phenoxy) is 2. The maximum atomic E-state index is 13.1. The summed E-state index contributed by atoms with van der Waals surface area (Å²) in [5.74, 6) is 1.43. The van der Waals surface area contributed by atoms with Gasteiger partial charge in [-0.3, -0.25) is 4.79 Å². The zero-order chi connectivity index (χ0) is 25.5. The Labute approximate surface area is 208 Å². The van der Waals surface area contributed by atoms with E-state index in [9.17, 15) is 15.0 Å². The molecule has 5 nitrogen and oxygen atoms in total. The lowest BCUT2D eigenvalue weighted by atomic mass is 9.90. The van der Waals surface area contributed by atoms with Crippen LogP contribution in [0.5, 0.6) is 17.2 Å². The number of Topliss-reactive ketones (excluding diaryl/α,β-unsaturated/α-hetero) is 1. The molecule has 0 fully saturated rings. The Morgan fingerprint density at radius 1 is 1.00 bits per heavy atom. The van der Waals surface area contributed by atoms with Crippen LogP contribution < -0.4 is 9.47 Å². The van der Waals surface area contributed by atoms with Gasteiger partial charge in [0.2, 0.25) is 0 Å². The fourth-order valence-corrected chi connectivity index (χ4v) is 4.64. The molecule has 186 valence electrons. The Hall–Kier alpha value is -3.05. The Kier molecular flexibility index (Phi) is 6.83. The number of fused-ring (bicyclic) bond motifs is 2. The monoisotopic (exact) mass is 476 g/mol. The molecule has 2 atom stereocenters. The Morgan fingerprint density at radius 2 is 1.69 bits per heavy atom. The molecule has 2 aromatic carbocycles. The molecule has 2 aromatic rings. The van der Waals surface area contributed by atoms with Crippen molar-refractivity contribution in [3.05, 3.63) is 75.4 Å². The van der Waals surface area contributed by atoms with Crippen LogP contribution in [-0.2, 0) is 19.3 Å². The van der Waals surface area contributed by atoms with Gasteiger partial charge in [0.1, 0.15) is 29.5 Å². The van der Waals surface area contributed by atoms with E-state index in [1.165, 1.54) is 5.57 Å². The molecule has 2 aliphatic rings. The molecular formula is C30H36O5. The molecule has 0 saturated carbocycles. The second-order valence-corrected chi connectivity index (χ2v) is 10.8. The Balaban J connectivity index is 1.75. The maximum Gasteiger partial charge on any atom is 0.170 e. The Morgan fingerprint density at radius 3 is 2.34 bits per heavy atom. The third-order valence-electron chi connectivity index (χ3n) is 6.70. The quantitative estimate of drug-likeness (QED) is 0.486. The van der Waals surface area contributed by atoms with Crippen LogP contribution >= 0.6 is 0 Å². The summed E-state index contributed by atoms with van der Waals surface area (Å²) < 4.78 is 12.7. The fraction of sp³-hybridized carbons (Fsp3) is 0.433. The summed E-state index contributed by atoms with van der Waals surface area (Å²) in [6.07, 6.45) is 5.40. The van der Waals surface area contributed by atoms with E-state index in [2.05, 4.69) is 32.1 Å². The summed E-state index contributed by atoms with van der Waals surface area (Å²) in [7, 11) is 0. The van der Waals surface area contributed by atoms with Crippen LogP contribution in [0.3, 0.4) is 0 Å². The van der Waals surface area contributed by atoms with Gasteiger partial charge in [0.15, 0.2) is 5.78 Å². The molecule has 2 aliphatic heterocycles. The minimum absolute atomic E-state index is 0.00617. The van der Waals surface area contributed by atoms with Crippen molar-refractivity contribution in [1.29, 1.82) is 0 Å². The van der Waals surface area contributed by atoms with E-state index in [1.54, 1.807) is 26.0 Å². The summed E-state index contributed by atoms with van der Waals surface area (Å²) in [6, 6.07) is 7.34. The van der Waals surface area contributed by atoms with E-state index in [0.717, 1.165) is 28.0 Å². The molecule has 0 unspecified atom stereocenters. The number of rotatable bonds is 6. The number of hydrogen-bond acceptors (Lipinski definition) is 5. The molecule has 2 N–H and O–H groups in total. The van der Waals surface area contributed by atoms with Gasteiger partial charge in [-0.05, 0) is 95.3 Å². The van der Waals surface area contributed by atoms with Gasteiger partial charge in [-0.25, -0.2) is 0 Å². The molecule has 0 radical (unpaired) electrons. The van der Waals surface area contributed by atoms with Crippen LogP contribution in [0.2, 0.25) is 0 Å². The van der Waals surface area contributed by atoms with E-state index in [-0.39, 0.29) is 24.1 Å². The molecule has 0 spiro atoms. The summed E-state index contributed by atoms with van der Waals surface area (Å²) in [4.78, 5) is 13.1. The first-order valence-electron chi connectivity index (χ1n) is 12.3. The smallest absolute Gasteiger partial charge is 0.170 e. The van der Waals surface area contributed by atoms with Crippen LogP contribution in [0.4, 0.5) is 0 Å². The predicted molar refractivity (Wildman–Crippen MR) is 138 cm³/mol. The lowest BCUT2D eigenvalue weighted by Crippen LogP contribution is -2.39. The van der Waals surface area contributed by atoms with Gasteiger partial charge in [0, 0.05) is 12.0 Å². The van der Waals surface area contributed by atoms with E-state index in [1.807, 2.05) is 19.9 Å². The normalized spacial score (nSPS) is 18.8. The van der Waals surface area contributed by atoms with Crippen molar-refractivity contribution < 1.29 is 24.5 Å². The molecule has 5 heteroatoms. The van der Waals surface area contributed by atoms with Crippen molar-refractivity contribution in [2.24, 2.45) is 0 Å². The van der Waals surface area contributed by atoms with Crippen molar-refractivity contribution in [3.8, 4) is 17.2 Å². The SMILES string of the molecule is CC(C)=CCc1cc([C@H]2CC(=O)c3ccc(O)c(CC=C(C)C)c3O2)cc2c1O[C@H](C(C)(C)O)C2. The second-order valence-electron chi connectivity index (χ2n) is 10.8. The highest BCUT2D eigenvalue weighted by Crippen LogP contribution is 2.44. The third kappa shape index (κ3) is 5.30. The predicted octanol–water partition coefficient (Wildman–Crippen LogP) is 6.19. The fourth-order valence-electron chi connectivity index (χ4n) is 4.64. The number of phenolic OH excluding ortho intramolecular Hbond substituents is 1. The third-order valence-corrected chi connectivity index (χ3v) is 6.70. The first-order valence-corrected chi connectivity index (χ1v) is 12.3. The van der Waals surface area contributed by atoms with Gasteiger partial charge in [-0.15, -0.1) is 0 Å².